The highest BCUT2D eigenvalue weighted by Crippen LogP contribution is 2.24. The molecule has 88 valence electrons. The minimum Gasteiger partial charge on any atom is -0.481 e. The number of rotatable bonds is 5. The van der Waals surface area contributed by atoms with Gasteiger partial charge in [0.05, 0.1) is 12.7 Å². The average Bonchev–Trinajstić information content (AvgIpc) is 2.10. The van der Waals surface area contributed by atoms with E-state index in [-0.39, 0.29) is 12.5 Å². The van der Waals surface area contributed by atoms with Crippen molar-refractivity contribution in [2.75, 3.05) is 6.61 Å². The summed E-state index contributed by atoms with van der Waals surface area (Å²) in [4.78, 5) is 10.3. The van der Waals surface area contributed by atoms with Crippen molar-refractivity contribution in [1.29, 1.82) is 0 Å². The second kappa shape index (κ2) is 5.47. The van der Waals surface area contributed by atoms with Crippen LogP contribution in [0.2, 0.25) is 0 Å². The van der Waals surface area contributed by atoms with E-state index in [0.29, 0.717) is 0 Å². The SMILES string of the molecule is CC1(C)OCC[C@H](CCCCC(=O)O)O1. The summed E-state index contributed by atoms with van der Waals surface area (Å²) in [5.74, 6) is -1.20. The van der Waals surface area contributed by atoms with Gasteiger partial charge in [0.2, 0.25) is 0 Å². The van der Waals surface area contributed by atoms with E-state index in [9.17, 15) is 4.79 Å². The molecule has 0 aromatic heterocycles. The Hall–Kier alpha value is -0.610. The minimum absolute atomic E-state index is 0.225. The number of unbranched alkanes of at least 4 members (excludes halogenated alkanes) is 1. The van der Waals surface area contributed by atoms with Crippen molar-refractivity contribution in [3.05, 3.63) is 0 Å². The Kier molecular flexibility index (Phi) is 4.54. The predicted octanol–water partition coefficient (Wildman–Crippen LogP) is 2.17. The maximum atomic E-state index is 10.3. The van der Waals surface area contributed by atoms with Crippen LogP contribution in [0.1, 0.15) is 46.0 Å². The van der Waals surface area contributed by atoms with E-state index >= 15 is 0 Å². The molecule has 0 aliphatic carbocycles. The zero-order valence-corrected chi connectivity index (χ0v) is 9.49. The number of carboxylic acid groups (broad SMARTS) is 1. The summed E-state index contributed by atoms with van der Waals surface area (Å²) in [6.07, 6.45) is 3.97. The third-order valence-electron chi connectivity index (χ3n) is 2.51. The van der Waals surface area contributed by atoms with Gasteiger partial charge in [-0.1, -0.05) is 6.42 Å². The lowest BCUT2D eigenvalue weighted by Gasteiger charge is -2.36. The fraction of sp³-hybridized carbons (Fsp3) is 0.909. The molecule has 15 heavy (non-hydrogen) atoms. The van der Waals surface area contributed by atoms with Crippen molar-refractivity contribution >= 4 is 5.97 Å². The fourth-order valence-electron chi connectivity index (χ4n) is 1.78. The first kappa shape index (κ1) is 12.5. The van der Waals surface area contributed by atoms with Gasteiger partial charge in [0.15, 0.2) is 5.79 Å². The topological polar surface area (TPSA) is 55.8 Å². The van der Waals surface area contributed by atoms with Gasteiger partial charge in [-0.25, -0.2) is 0 Å². The normalized spacial score (nSPS) is 25.1. The average molecular weight is 216 g/mol. The molecule has 1 N–H and O–H groups in total. The maximum absolute atomic E-state index is 10.3. The Balaban J connectivity index is 2.13. The molecular weight excluding hydrogens is 196 g/mol. The second-order valence-corrected chi connectivity index (χ2v) is 4.42. The molecule has 1 rings (SSSR count). The molecule has 4 nitrogen and oxygen atoms in total. The first-order chi connectivity index (χ1) is 6.99. The number of carboxylic acids is 1. The summed E-state index contributed by atoms with van der Waals surface area (Å²) >= 11 is 0. The molecule has 0 saturated carbocycles. The predicted molar refractivity (Wildman–Crippen MR) is 55.6 cm³/mol. The molecule has 1 fully saturated rings. The Labute approximate surface area is 90.6 Å². The summed E-state index contributed by atoms with van der Waals surface area (Å²) in [6.45, 7) is 4.56. The van der Waals surface area contributed by atoms with E-state index in [1.165, 1.54) is 0 Å². The first-order valence-corrected chi connectivity index (χ1v) is 5.53. The van der Waals surface area contributed by atoms with Crippen LogP contribution >= 0.6 is 0 Å². The Bertz CT molecular complexity index is 213. The van der Waals surface area contributed by atoms with Crippen LogP contribution in [0, 0.1) is 0 Å². The fourth-order valence-corrected chi connectivity index (χ4v) is 1.78. The molecule has 0 aromatic rings. The van der Waals surface area contributed by atoms with Crippen LogP contribution in [0.25, 0.3) is 0 Å². The molecule has 0 unspecified atom stereocenters. The van der Waals surface area contributed by atoms with Gasteiger partial charge in [0.25, 0.3) is 0 Å². The number of aliphatic carboxylic acids is 1. The van der Waals surface area contributed by atoms with Crippen molar-refractivity contribution < 1.29 is 19.4 Å². The molecule has 0 radical (unpaired) electrons. The van der Waals surface area contributed by atoms with Crippen molar-refractivity contribution in [2.45, 2.75) is 57.8 Å². The minimum atomic E-state index is -0.719. The lowest BCUT2D eigenvalue weighted by atomic mass is 10.1. The molecule has 1 aliphatic heterocycles. The molecular formula is C11H20O4. The van der Waals surface area contributed by atoms with Crippen LogP contribution in [-0.2, 0) is 14.3 Å². The molecule has 1 aliphatic rings. The number of hydrogen-bond acceptors (Lipinski definition) is 3. The van der Waals surface area contributed by atoms with E-state index in [1.807, 2.05) is 13.8 Å². The van der Waals surface area contributed by atoms with Crippen LogP contribution in [0.4, 0.5) is 0 Å². The monoisotopic (exact) mass is 216 g/mol. The highest BCUT2D eigenvalue weighted by molar-refractivity contribution is 5.66. The van der Waals surface area contributed by atoms with Crippen LogP contribution < -0.4 is 0 Å². The summed E-state index contributed by atoms with van der Waals surface area (Å²) in [7, 11) is 0. The Morgan fingerprint density at radius 3 is 2.80 bits per heavy atom. The van der Waals surface area contributed by atoms with Gasteiger partial charge in [-0.05, 0) is 33.1 Å². The lowest BCUT2D eigenvalue weighted by molar-refractivity contribution is -0.274. The van der Waals surface area contributed by atoms with E-state index in [0.717, 1.165) is 32.3 Å². The molecule has 4 heteroatoms. The Morgan fingerprint density at radius 1 is 1.47 bits per heavy atom. The van der Waals surface area contributed by atoms with Crippen molar-refractivity contribution in [2.24, 2.45) is 0 Å². The quantitative estimate of drug-likeness (QED) is 0.715. The van der Waals surface area contributed by atoms with Crippen molar-refractivity contribution in [1.82, 2.24) is 0 Å². The molecule has 1 atom stereocenters. The highest BCUT2D eigenvalue weighted by Gasteiger charge is 2.28. The van der Waals surface area contributed by atoms with E-state index in [2.05, 4.69) is 0 Å². The second-order valence-electron chi connectivity index (χ2n) is 4.42. The van der Waals surface area contributed by atoms with Crippen LogP contribution in [-0.4, -0.2) is 29.6 Å². The van der Waals surface area contributed by atoms with Crippen molar-refractivity contribution in [3.8, 4) is 0 Å². The van der Waals surface area contributed by atoms with Gasteiger partial charge in [-0.2, -0.15) is 0 Å². The summed E-state index contributed by atoms with van der Waals surface area (Å²) in [6, 6.07) is 0. The zero-order chi connectivity index (χ0) is 11.3. The van der Waals surface area contributed by atoms with E-state index in [4.69, 9.17) is 14.6 Å². The standard InChI is InChI=1S/C11H20O4/c1-11(2)14-8-7-9(15-11)5-3-4-6-10(12)13/h9H,3-8H2,1-2H3,(H,12,13)/t9-/m0/s1. The first-order valence-electron chi connectivity index (χ1n) is 5.53. The lowest BCUT2D eigenvalue weighted by Crippen LogP contribution is -2.39. The van der Waals surface area contributed by atoms with Crippen LogP contribution in [0.5, 0.6) is 0 Å². The van der Waals surface area contributed by atoms with Gasteiger partial charge in [0, 0.05) is 6.42 Å². The molecule has 1 saturated heterocycles. The van der Waals surface area contributed by atoms with E-state index < -0.39 is 11.8 Å². The molecule has 1 heterocycles. The van der Waals surface area contributed by atoms with Gasteiger partial charge in [0.1, 0.15) is 0 Å². The molecule has 0 aromatic carbocycles. The smallest absolute Gasteiger partial charge is 0.303 e. The van der Waals surface area contributed by atoms with Gasteiger partial charge < -0.3 is 14.6 Å². The third-order valence-corrected chi connectivity index (χ3v) is 2.51. The largest absolute Gasteiger partial charge is 0.481 e. The summed E-state index contributed by atoms with van der Waals surface area (Å²) in [5, 5.41) is 8.48. The van der Waals surface area contributed by atoms with Crippen LogP contribution in [0.15, 0.2) is 0 Å². The summed E-state index contributed by atoms with van der Waals surface area (Å²) in [5.41, 5.74) is 0. The molecule has 0 spiro atoms. The zero-order valence-electron chi connectivity index (χ0n) is 9.49. The number of hydrogen-bond donors (Lipinski definition) is 1. The maximum Gasteiger partial charge on any atom is 0.303 e. The van der Waals surface area contributed by atoms with Crippen LogP contribution in [0.3, 0.4) is 0 Å². The van der Waals surface area contributed by atoms with Gasteiger partial charge in [-0.15, -0.1) is 0 Å². The third kappa shape index (κ3) is 5.14. The highest BCUT2D eigenvalue weighted by atomic mass is 16.7. The van der Waals surface area contributed by atoms with Crippen molar-refractivity contribution in [3.63, 3.8) is 0 Å². The number of carbonyl (C=O) groups is 1. The van der Waals surface area contributed by atoms with E-state index in [1.54, 1.807) is 0 Å². The summed E-state index contributed by atoms with van der Waals surface area (Å²) < 4.78 is 11.1. The Morgan fingerprint density at radius 2 is 2.20 bits per heavy atom. The molecule has 0 bridgehead atoms. The van der Waals surface area contributed by atoms with Gasteiger partial charge >= 0.3 is 5.97 Å². The molecule has 0 amide bonds. The number of ether oxygens (including phenoxy) is 2. The van der Waals surface area contributed by atoms with Gasteiger partial charge in [-0.3, -0.25) is 4.79 Å².